The number of rotatable bonds is 6. The van der Waals surface area contributed by atoms with Gasteiger partial charge in [-0.3, -0.25) is 10.1 Å². The van der Waals surface area contributed by atoms with Gasteiger partial charge in [-0.25, -0.2) is 26.7 Å². The molecule has 1 saturated carbocycles. The second-order valence-corrected chi connectivity index (χ2v) is 9.05. The van der Waals surface area contributed by atoms with Crippen LogP contribution in [0.2, 0.25) is 0 Å². The summed E-state index contributed by atoms with van der Waals surface area (Å²) < 4.78 is 107. The van der Waals surface area contributed by atoms with Crippen LogP contribution in [-0.4, -0.2) is 25.2 Å². The van der Waals surface area contributed by atoms with Crippen LogP contribution in [0.15, 0.2) is 42.5 Å². The summed E-state index contributed by atoms with van der Waals surface area (Å²) in [5, 5.41) is 2.24. The van der Waals surface area contributed by atoms with Crippen LogP contribution in [0.3, 0.4) is 0 Å². The Bertz CT molecular complexity index is 1410. The Hall–Kier alpha value is -4.29. The molecular formula is C26H17F7N2O4. The van der Waals surface area contributed by atoms with Gasteiger partial charge in [-0.1, -0.05) is 30.3 Å². The zero-order valence-electron chi connectivity index (χ0n) is 19.6. The summed E-state index contributed by atoms with van der Waals surface area (Å²) in [6.45, 7) is -0.136. The first-order valence-electron chi connectivity index (χ1n) is 11.5. The lowest BCUT2D eigenvalue weighted by Crippen LogP contribution is -2.29. The van der Waals surface area contributed by atoms with Gasteiger partial charge in [0.15, 0.2) is 11.6 Å². The molecule has 0 aromatic heterocycles. The lowest BCUT2D eigenvalue weighted by atomic mass is 10.2. The van der Waals surface area contributed by atoms with Crippen LogP contribution in [0.5, 0.6) is 5.75 Å². The second-order valence-electron chi connectivity index (χ2n) is 9.05. The highest BCUT2D eigenvalue weighted by molar-refractivity contribution is 5.85. The Labute approximate surface area is 215 Å². The minimum absolute atomic E-state index is 0.0404. The van der Waals surface area contributed by atoms with Gasteiger partial charge in [0.25, 0.3) is 0 Å². The number of nitrogens with one attached hydrogen (secondary N) is 1. The molecule has 1 heterocycles. The molecule has 39 heavy (non-hydrogen) atoms. The van der Waals surface area contributed by atoms with Crippen molar-refractivity contribution in [3.05, 3.63) is 88.7 Å². The van der Waals surface area contributed by atoms with Crippen molar-refractivity contribution in [1.82, 2.24) is 0 Å². The summed E-state index contributed by atoms with van der Waals surface area (Å²) >= 11 is 0. The predicted molar refractivity (Wildman–Crippen MR) is 121 cm³/mol. The summed E-state index contributed by atoms with van der Waals surface area (Å²) in [6, 6.07) is 10.5. The zero-order chi connectivity index (χ0) is 28.0. The summed E-state index contributed by atoms with van der Waals surface area (Å²) in [7, 11) is 0. The molecule has 5 rings (SSSR count). The monoisotopic (exact) mass is 554 g/mol. The molecule has 6 nitrogen and oxygen atoms in total. The molecule has 0 bridgehead atoms. The van der Waals surface area contributed by atoms with Crippen molar-refractivity contribution in [3.63, 3.8) is 0 Å². The third-order valence-corrected chi connectivity index (χ3v) is 6.63. The van der Waals surface area contributed by atoms with Crippen LogP contribution < -0.4 is 15.0 Å². The number of hydrogen-bond acceptors (Lipinski definition) is 5. The van der Waals surface area contributed by atoms with Crippen molar-refractivity contribution in [1.29, 1.82) is 0 Å². The molecule has 1 N–H and O–H groups in total. The Kier molecular flexibility index (Phi) is 6.83. The van der Waals surface area contributed by atoms with Gasteiger partial charge in [0.05, 0.1) is 5.92 Å². The van der Waals surface area contributed by atoms with Crippen LogP contribution in [0, 0.1) is 58.5 Å². The first kappa shape index (κ1) is 26.3. The van der Waals surface area contributed by atoms with Gasteiger partial charge in [0.2, 0.25) is 34.8 Å². The molecule has 0 radical (unpaired) electrons. The fourth-order valence-electron chi connectivity index (χ4n) is 4.72. The number of hydrogen-bond donors (Lipinski definition) is 1. The molecule has 3 aromatic carbocycles. The maximum absolute atomic E-state index is 14.8. The van der Waals surface area contributed by atoms with Gasteiger partial charge in [-0.05, 0) is 29.5 Å². The van der Waals surface area contributed by atoms with Crippen LogP contribution >= 0.6 is 0 Å². The number of piperidine rings is 1. The molecule has 0 spiro atoms. The Balaban J connectivity index is 1.20. The molecule has 2 atom stereocenters. The minimum atomic E-state index is -2.39. The molecule has 13 heteroatoms. The van der Waals surface area contributed by atoms with Gasteiger partial charge in [-0.15, -0.1) is 0 Å². The van der Waals surface area contributed by atoms with E-state index >= 15 is 0 Å². The number of fused-ring (bicyclic) bond motifs is 1. The molecular weight excluding hydrogens is 537 g/mol. The highest BCUT2D eigenvalue weighted by atomic mass is 19.2. The van der Waals surface area contributed by atoms with E-state index in [1.54, 1.807) is 30.3 Å². The highest BCUT2D eigenvalue weighted by Crippen LogP contribution is 2.54. The zero-order valence-corrected chi connectivity index (χ0v) is 19.6. The SMILES string of the molecule is O=C(Nc1cc(F)c(N2CC3C(C2)C3C(=O)Oc2c(F)c(F)c(F)c(F)c2F)c(F)c1)OCc1ccccc1. The first-order valence-corrected chi connectivity index (χ1v) is 11.5. The standard InChI is InChI=1S/C26H17F7N2O4/c27-15-6-12(34-26(37)38-10-11-4-2-1-3-5-11)7-16(28)23(15)35-8-13-14(9-35)17(13)25(36)39-24-21(32)19(30)18(29)20(31)22(24)33/h1-7,13-14,17H,8-10H2,(H,34,37). The smallest absolute Gasteiger partial charge is 0.411 e. The van der Waals surface area contributed by atoms with Crippen molar-refractivity contribution in [2.24, 2.45) is 17.8 Å². The molecule has 2 fully saturated rings. The molecule has 1 aliphatic heterocycles. The largest absolute Gasteiger partial charge is 0.444 e. The van der Waals surface area contributed by atoms with Crippen LogP contribution in [0.4, 0.5) is 46.9 Å². The lowest BCUT2D eigenvalue weighted by Gasteiger charge is -2.23. The van der Waals surface area contributed by atoms with Crippen LogP contribution in [0.25, 0.3) is 0 Å². The minimum Gasteiger partial charge on any atom is -0.444 e. The number of esters is 1. The van der Waals surface area contributed by atoms with E-state index in [0.29, 0.717) is 5.56 Å². The van der Waals surface area contributed by atoms with Gasteiger partial charge in [0.1, 0.15) is 12.3 Å². The maximum Gasteiger partial charge on any atom is 0.411 e. The van der Waals surface area contributed by atoms with Crippen LogP contribution in [0.1, 0.15) is 5.56 Å². The van der Waals surface area contributed by atoms with E-state index in [0.717, 1.165) is 12.1 Å². The van der Waals surface area contributed by atoms with Crippen molar-refractivity contribution in [2.45, 2.75) is 6.61 Å². The number of anilines is 2. The molecule has 204 valence electrons. The average molecular weight is 554 g/mol. The normalized spacial score (nSPS) is 19.5. The summed E-state index contributed by atoms with van der Waals surface area (Å²) in [6.07, 6.45) is -0.928. The number of ether oxygens (including phenoxy) is 2. The molecule has 2 aliphatic rings. The van der Waals surface area contributed by atoms with Crippen molar-refractivity contribution < 1.29 is 49.8 Å². The van der Waals surface area contributed by atoms with E-state index < -0.39 is 82.0 Å². The summed E-state index contributed by atoms with van der Waals surface area (Å²) in [5.74, 6) is -18.4. The number of benzene rings is 3. The van der Waals surface area contributed by atoms with E-state index in [4.69, 9.17) is 4.74 Å². The van der Waals surface area contributed by atoms with Crippen molar-refractivity contribution >= 4 is 23.4 Å². The van der Waals surface area contributed by atoms with E-state index in [1.165, 1.54) is 4.90 Å². The highest BCUT2D eigenvalue weighted by Gasteiger charge is 2.61. The quantitative estimate of drug-likeness (QED) is 0.139. The Morgan fingerprint density at radius 2 is 1.36 bits per heavy atom. The van der Waals surface area contributed by atoms with E-state index in [2.05, 4.69) is 10.1 Å². The maximum atomic E-state index is 14.8. The number of nitrogens with zero attached hydrogens (tertiary/aromatic N) is 1. The molecule has 1 saturated heterocycles. The van der Waals surface area contributed by atoms with Crippen molar-refractivity contribution in [3.8, 4) is 5.75 Å². The number of carbonyl (C=O) groups excluding carboxylic acids is 2. The predicted octanol–water partition coefficient (Wildman–Crippen LogP) is 5.70. The van der Waals surface area contributed by atoms with E-state index in [-0.39, 0.29) is 25.4 Å². The fraction of sp³-hybridized carbons (Fsp3) is 0.231. The van der Waals surface area contributed by atoms with E-state index in [9.17, 15) is 40.3 Å². The molecule has 2 unspecified atom stereocenters. The fourth-order valence-corrected chi connectivity index (χ4v) is 4.72. The number of amides is 1. The summed E-state index contributed by atoms with van der Waals surface area (Å²) in [5.41, 5.74) is 0.0973. The molecule has 1 aliphatic carbocycles. The van der Waals surface area contributed by atoms with Crippen molar-refractivity contribution in [2.75, 3.05) is 23.3 Å². The third-order valence-electron chi connectivity index (χ3n) is 6.63. The van der Waals surface area contributed by atoms with Crippen LogP contribution in [-0.2, 0) is 16.1 Å². The van der Waals surface area contributed by atoms with Gasteiger partial charge in [0, 0.05) is 18.8 Å². The third kappa shape index (κ3) is 4.95. The first-order chi connectivity index (χ1) is 18.6. The topological polar surface area (TPSA) is 67.9 Å². The molecule has 3 aromatic rings. The Morgan fingerprint density at radius 1 is 0.821 bits per heavy atom. The van der Waals surface area contributed by atoms with E-state index in [1.807, 2.05) is 0 Å². The second kappa shape index (κ2) is 10.1. The van der Waals surface area contributed by atoms with Gasteiger partial charge >= 0.3 is 12.1 Å². The summed E-state index contributed by atoms with van der Waals surface area (Å²) in [4.78, 5) is 25.6. The van der Waals surface area contributed by atoms with Gasteiger partial charge < -0.3 is 14.4 Å². The Morgan fingerprint density at radius 3 is 1.92 bits per heavy atom. The number of halogens is 7. The van der Waals surface area contributed by atoms with Gasteiger partial charge in [-0.2, -0.15) is 8.78 Å². The number of carbonyl (C=O) groups is 2. The molecule has 1 amide bonds. The lowest BCUT2D eigenvalue weighted by molar-refractivity contribution is -0.137. The average Bonchev–Trinajstić information content (AvgIpc) is 3.42.